The maximum Gasteiger partial charge on any atom is 0.250 e. The number of benzene rings is 1. The molecule has 130 valence electrons. The first-order valence-corrected chi connectivity index (χ1v) is 9.13. The van der Waals surface area contributed by atoms with Crippen LogP contribution in [0.1, 0.15) is 17.3 Å². The van der Waals surface area contributed by atoms with Crippen molar-refractivity contribution in [1.29, 1.82) is 5.26 Å². The summed E-state index contributed by atoms with van der Waals surface area (Å²) in [7, 11) is 0. The number of thiazole rings is 1. The third kappa shape index (κ3) is 4.07. The number of Topliss-reactive ketones (excluding diaryl/α,β-unsaturated/α-hetero) is 1. The van der Waals surface area contributed by atoms with Crippen LogP contribution in [0.5, 0.6) is 0 Å². The average molecular weight is 384 g/mol. The van der Waals surface area contributed by atoms with Crippen molar-refractivity contribution in [3.05, 3.63) is 74.4 Å². The average Bonchev–Trinajstić information content (AvgIpc) is 3.12. The van der Waals surface area contributed by atoms with E-state index in [1.165, 1.54) is 22.0 Å². The summed E-state index contributed by atoms with van der Waals surface area (Å²) in [6, 6.07) is 14.1. The number of nitrogens with zero attached hydrogens (tertiary/aromatic N) is 3. The van der Waals surface area contributed by atoms with Crippen molar-refractivity contribution in [2.45, 2.75) is 18.9 Å². The second kappa shape index (κ2) is 8.09. The highest BCUT2D eigenvalue weighted by atomic mass is 35.5. The van der Waals surface area contributed by atoms with E-state index in [0.29, 0.717) is 15.7 Å². The van der Waals surface area contributed by atoms with Crippen LogP contribution in [0.15, 0.2) is 58.8 Å². The molecular formula is C19H14ClN3O2S. The predicted octanol–water partition coefficient (Wildman–Crippen LogP) is 3.89. The quantitative estimate of drug-likeness (QED) is 0.647. The zero-order valence-electron chi connectivity index (χ0n) is 13.6. The summed E-state index contributed by atoms with van der Waals surface area (Å²) in [5, 5.41) is 12.3. The summed E-state index contributed by atoms with van der Waals surface area (Å²) in [5.74, 6) is -1.18. The van der Waals surface area contributed by atoms with Crippen molar-refractivity contribution < 1.29 is 4.79 Å². The second-order valence-corrected chi connectivity index (χ2v) is 6.91. The van der Waals surface area contributed by atoms with Gasteiger partial charge in [0.15, 0.2) is 11.7 Å². The van der Waals surface area contributed by atoms with Crippen LogP contribution in [-0.4, -0.2) is 15.3 Å². The second-order valence-electron chi connectivity index (χ2n) is 5.59. The molecule has 0 saturated heterocycles. The first kappa shape index (κ1) is 18.1. The standard InChI is InChI=1S/C19H14ClN3O2S/c20-14-6-4-13(5-7-14)16-12-26-19(22-16)15(11-21)17(24)8-10-23-9-2-1-3-18(23)25/h1-7,9,12,15H,8,10H2. The Morgan fingerprint density at radius 1 is 1.27 bits per heavy atom. The van der Waals surface area contributed by atoms with Crippen molar-refractivity contribution in [2.24, 2.45) is 0 Å². The van der Waals surface area contributed by atoms with E-state index in [2.05, 4.69) is 4.98 Å². The van der Waals surface area contributed by atoms with Gasteiger partial charge in [0.2, 0.25) is 0 Å². The third-order valence-corrected chi connectivity index (χ3v) is 5.02. The summed E-state index contributed by atoms with van der Waals surface area (Å²) in [6.07, 6.45) is 1.72. The molecule has 3 rings (SSSR count). The maximum atomic E-state index is 12.5. The summed E-state index contributed by atoms with van der Waals surface area (Å²) in [4.78, 5) is 28.6. The van der Waals surface area contributed by atoms with Crippen molar-refractivity contribution in [3.8, 4) is 17.3 Å². The van der Waals surface area contributed by atoms with Crippen LogP contribution in [0, 0.1) is 11.3 Å². The number of hydrogen-bond donors (Lipinski definition) is 0. The van der Waals surface area contributed by atoms with Gasteiger partial charge < -0.3 is 4.57 Å². The van der Waals surface area contributed by atoms with Crippen LogP contribution >= 0.6 is 22.9 Å². The maximum absolute atomic E-state index is 12.5. The topological polar surface area (TPSA) is 75.8 Å². The Morgan fingerprint density at radius 3 is 2.73 bits per heavy atom. The van der Waals surface area contributed by atoms with Crippen LogP contribution in [0.25, 0.3) is 11.3 Å². The molecule has 7 heteroatoms. The van der Waals surface area contributed by atoms with Gasteiger partial charge in [-0.25, -0.2) is 4.98 Å². The molecule has 0 N–H and O–H groups in total. The van der Waals surface area contributed by atoms with E-state index in [9.17, 15) is 14.9 Å². The van der Waals surface area contributed by atoms with Gasteiger partial charge in [0.05, 0.1) is 11.8 Å². The smallest absolute Gasteiger partial charge is 0.250 e. The van der Waals surface area contributed by atoms with Crippen LogP contribution in [-0.2, 0) is 11.3 Å². The lowest BCUT2D eigenvalue weighted by atomic mass is 10.0. The minimum Gasteiger partial charge on any atom is -0.315 e. The highest BCUT2D eigenvalue weighted by Crippen LogP contribution is 2.28. The van der Waals surface area contributed by atoms with Gasteiger partial charge >= 0.3 is 0 Å². The predicted molar refractivity (Wildman–Crippen MR) is 101 cm³/mol. The summed E-state index contributed by atoms with van der Waals surface area (Å²) >= 11 is 7.16. The highest BCUT2D eigenvalue weighted by Gasteiger charge is 2.23. The molecule has 26 heavy (non-hydrogen) atoms. The first-order valence-electron chi connectivity index (χ1n) is 7.87. The molecule has 0 radical (unpaired) electrons. The van der Waals surface area contributed by atoms with E-state index >= 15 is 0 Å². The van der Waals surface area contributed by atoms with E-state index < -0.39 is 5.92 Å². The van der Waals surface area contributed by atoms with E-state index in [-0.39, 0.29) is 24.3 Å². The number of hydrogen-bond acceptors (Lipinski definition) is 5. The molecule has 1 aromatic carbocycles. The number of halogens is 1. The molecule has 2 aromatic heterocycles. The van der Waals surface area contributed by atoms with Crippen LogP contribution in [0.3, 0.4) is 0 Å². The monoisotopic (exact) mass is 383 g/mol. The molecule has 0 fully saturated rings. The van der Waals surface area contributed by atoms with Gasteiger partial charge in [-0.15, -0.1) is 11.3 Å². The molecule has 0 bridgehead atoms. The van der Waals surface area contributed by atoms with E-state index in [0.717, 1.165) is 5.56 Å². The fourth-order valence-corrected chi connectivity index (χ4v) is 3.48. The van der Waals surface area contributed by atoms with Crippen molar-refractivity contribution in [3.63, 3.8) is 0 Å². The Morgan fingerprint density at radius 2 is 2.04 bits per heavy atom. The van der Waals surface area contributed by atoms with Gasteiger partial charge in [-0.2, -0.15) is 5.26 Å². The molecule has 1 atom stereocenters. The van der Waals surface area contributed by atoms with Crippen LogP contribution in [0.2, 0.25) is 5.02 Å². The normalized spacial score (nSPS) is 11.7. The minimum absolute atomic E-state index is 0.0952. The third-order valence-electron chi connectivity index (χ3n) is 3.86. The van der Waals surface area contributed by atoms with Crippen LogP contribution in [0.4, 0.5) is 0 Å². The van der Waals surface area contributed by atoms with E-state index in [4.69, 9.17) is 11.6 Å². The molecule has 0 saturated carbocycles. The van der Waals surface area contributed by atoms with Gasteiger partial charge in [-0.3, -0.25) is 9.59 Å². The van der Waals surface area contributed by atoms with Crippen molar-refractivity contribution in [2.75, 3.05) is 0 Å². The van der Waals surface area contributed by atoms with Gasteiger partial charge in [0.1, 0.15) is 5.01 Å². The number of carbonyl (C=O) groups excluding carboxylic acids is 1. The van der Waals surface area contributed by atoms with E-state index in [1.807, 2.05) is 23.6 Å². The number of rotatable bonds is 6. The molecule has 2 heterocycles. The Balaban J connectivity index is 1.73. The molecule has 3 aromatic rings. The molecule has 0 spiro atoms. The molecule has 0 aliphatic rings. The lowest BCUT2D eigenvalue weighted by molar-refractivity contribution is -0.119. The van der Waals surface area contributed by atoms with Gasteiger partial charge in [0.25, 0.3) is 5.56 Å². The van der Waals surface area contributed by atoms with Crippen LogP contribution < -0.4 is 5.56 Å². The van der Waals surface area contributed by atoms with Gasteiger partial charge in [0, 0.05) is 41.2 Å². The Bertz CT molecular complexity index is 1020. The largest absolute Gasteiger partial charge is 0.315 e. The summed E-state index contributed by atoms with van der Waals surface area (Å²) in [5.41, 5.74) is 1.40. The van der Waals surface area contributed by atoms with E-state index in [1.54, 1.807) is 30.5 Å². The lowest BCUT2D eigenvalue weighted by Gasteiger charge is -2.07. The number of ketones is 1. The van der Waals surface area contributed by atoms with Gasteiger partial charge in [-0.05, 0) is 18.2 Å². The van der Waals surface area contributed by atoms with Crippen molar-refractivity contribution in [1.82, 2.24) is 9.55 Å². The zero-order chi connectivity index (χ0) is 18.5. The number of carbonyl (C=O) groups is 1. The molecule has 0 aliphatic carbocycles. The number of aryl methyl sites for hydroxylation is 1. The molecule has 0 aliphatic heterocycles. The number of pyridine rings is 1. The molecule has 1 unspecified atom stereocenters. The Hall–Kier alpha value is -2.75. The number of aromatic nitrogens is 2. The van der Waals surface area contributed by atoms with Crippen molar-refractivity contribution >= 4 is 28.7 Å². The molecular weight excluding hydrogens is 370 g/mol. The fraction of sp³-hybridized carbons (Fsp3) is 0.158. The fourth-order valence-electron chi connectivity index (χ4n) is 2.46. The summed E-state index contributed by atoms with van der Waals surface area (Å²) in [6.45, 7) is 0.242. The number of nitriles is 1. The Labute approximate surface area is 159 Å². The van der Waals surface area contributed by atoms with Gasteiger partial charge in [-0.1, -0.05) is 29.8 Å². The Kier molecular flexibility index (Phi) is 5.61. The SMILES string of the molecule is N#CC(C(=O)CCn1ccccc1=O)c1nc(-c2ccc(Cl)cc2)cs1. The lowest BCUT2D eigenvalue weighted by Crippen LogP contribution is -2.21. The highest BCUT2D eigenvalue weighted by molar-refractivity contribution is 7.10. The molecule has 0 amide bonds. The first-order chi connectivity index (χ1) is 12.6. The summed E-state index contributed by atoms with van der Waals surface area (Å²) < 4.78 is 1.45. The molecule has 5 nitrogen and oxygen atoms in total. The minimum atomic E-state index is -0.930. The zero-order valence-corrected chi connectivity index (χ0v) is 15.2.